The van der Waals surface area contributed by atoms with Gasteiger partial charge in [-0.2, -0.15) is 0 Å². The molecule has 0 aliphatic carbocycles. The van der Waals surface area contributed by atoms with E-state index in [0.29, 0.717) is 17.2 Å². The zero-order valence-corrected chi connectivity index (χ0v) is 19.1. The first-order valence-corrected chi connectivity index (χ1v) is 11.1. The van der Waals surface area contributed by atoms with Crippen LogP contribution < -0.4 is 15.2 Å². The van der Waals surface area contributed by atoms with Crippen LogP contribution in [0.1, 0.15) is 36.5 Å². The van der Waals surface area contributed by atoms with Gasteiger partial charge in [0.05, 0.1) is 11.4 Å². The third kappa shape index (κ3) is 5.70. The molecule has 32 heavy (non-hydrogen) atoms. The molecule has 0 radical (unpaired) electrons. The van der Waals surface area contributed by atoms with Crippen molar-refractivity contribution in [2.24, 2.45) is 5.73 Å². The van der Waals surface area contributed by atoms with Crippen molar-refractivity contribution in [3.8, 4) is 11.5 Å². The predicted octanol–water partition coefficient (Wildman–Crippen LogP) is 4.10. The zero-order valence-electron chi connectivity index (χ0n) is 18.3. The third-order valence-electron chi connectivity index (χ3n) is 4.81. The van der Waals surface area contributed by atoms with Crippen LogP contribution in [0.25, 0.3) is 6.08 Å². The average Bonchev–Trinajstić information content (AvgIpc) is 3.00. The SMILES string of the molecule is Cc1ccc(C(C)C)c(OCCN2C(=O)S/C(=C\c3ccccc3OCC(N)=O)C2=O)c1. The number of aryl methyl sites for hydroxylation is 1. The van der Waals surface area contributed by atoms with Gasteiger partial charge < -0.3 is 15.2 Å². The van der Waals surface area contributed by atoms with E-state index in [1.807, 2.05) is 25.1 Å². The van der Waals surface area contributed by atoms with E-state index < -0.39 is 5.91 Å². The molecule has 0 unspecified atom stereocenters. The van der Waals surface area contributed by atoms with E-state index in [0.717, 1.165) is 28.6 Å². The lowest BCUT2D eigenvalue weighted by molar-refractivity contribution is -0.123. The van der Waals surface area contributed by atoms with Crippen LogP contribution in [0, 0.1) is 6.92 Å². The Morgan fingerprint density at radius 2 is 1.88 bits per heavy atom. The number of ether oxygens (including phenoxy) is 2. The summed E-state index contributed by atoms with van der Waals surface area (Å²) in [5, 5.41) is -0.353. The monoisotopic (exact) mass is 454 g/mol. The van der Waals surface area contributed by atoms with Crippen molar-refractivity contribution >= 4 is 34.9 Å². The van der Waals surface area contributed by atoms with Crippen LogP contribution in [-0.4, -0.2) is 41.7 Å². The van der Waals surface area contributed by atoms with Gasteiger partial charge in [0, 0.05) is 5.56 Å². The summed E-state index contributed by atoms with van der Waals surface area (Å²) in [6, 6.07) is 13.0. The fourth-order valence-electron chi connectivity index (χ4n) is 3.20. The van der Waals surface area contributed by atoms with Gasteiger partial charge in [0.15, 0.2) is 6.61 Å². The first kappa shape index (κ1) is 23.4. The number of nitrogens with zero attached hydrogens (tertiary/aromatic N) is 1. The van der Waals surface area contributed by atoms with Crippen molar-refractivity contribution in [3.05, 3.63) is 64.1 Å². The van der Waals surface area contributed by atoms with Crippen molar-refractivity contribution < 1.29 is 23.9 Å². The Balaban J connectivity index is 1.69. The summed E-state index contributed by atoms with van der Waals surface area (Å²) in [7, 11) is 0. The number of rotatable bonds is 9. The van der Waals surface area contributed by atoms with E-state index in [4.69, 9.17) is 15.2 Å². The van der Waals surface area contributed by atoms with Gasteiger partial charge in [-0.3, -0.25) is 19.3 Å². The maximum atomic E-state index is 12.8. The van der Waals surface area contributed by atoms with Crippen molar-refractivity contribution in [1.82, 2.24) is 4.90 Å². The summed E-state index contributed by atoms with van der Waals surface area (Å²) in [6.45, 7) is 6.23. The molecule has 3 amide bonds. The van der Waals surface area contributed by atoms with Gasteiger partial charge in [-0.15, -0.1) is 0 Å². The Hall–Kier alpha value is -3.26. The standard InChI is InChI=1S/C24H26N2O5S/c1-15(2)18-9-8-16(3)12-20(18)30-11-10-26-23(28)21(32-24(26)29)13-17-6-4-5-7-19(17)31-14-22(25)27/h4-9,12-13,15H,10-11,14H2,1-3H3,(H2,25,27)/b21-13-. The molecule has 1 fully saturated rings. The summed E-state index contributed by atoms with van der Waals surface area (Å²) in [5.74, 6) is 0.476. The second-order valence-electron chi connectivity index (χ2n) is 7.67. The van der Waals surface area contributed by atoms with Gasteiger partial charge in [0.1, 0.15) is 18.1 Å². The molecule has 2 aromatic carbocycles. The minimum absolute atomic E-state index is 0.146. The molecular formula is C24H26N2O5S. The molecule has 0 atom stereocenters. The molecule has 0 spiro atoms. The fourth-order valence-corrected chi connectivity index (χ4v) is 4.06. The number of hydrogen-bond acceptors (Lipinski definition) is 6. The Labute approximate surface area is 191 Å². The second-order valence-corrected chi connectivity index (χ2v) is 8.66. The lowest BCUT2D eigenvalue weighted by Crippen LogP contribution is -2.32. The minimum Gasteiger partial charge on any atom is -0.491 e. The van der Waals surface area contributed by atoms with E-state index in [1.165, 1.54) is 4.90 Å². The maximum absolute atomic E-state index is 12.8. The van der Waals surface area contributed by atoms with Gasteiger partial charge >= 0.3 is 0 Å². The van der Waals surface area contributed by atoms with Crippen molar-refractivity contribution in [2.75, 3.05) is 19.8 Å². The fraction of sp³-hybridized carbons (Fsp3) is 0.292. The number of carbonyl (C=O) groups excluding carboxylic acids is 3. The van der Waals surface area contributed by atoms with Crippen LogP contribution in [0.3, 0.4) is 0 Å². The van der Waals surface area contributed by atoms with Crippen molar-refractivity contribution in [1.29, 1.82) is 0 Å². The largest absolute Gasteiger partial charge is 0.491 e. The number of amides is 3. The second kappa shape index (κ2) is 10.4. The van der Waals surface area contributed by atoms with Crippen LogP contribution in [0.5, 0.6) is 11.5 Å². The molecule has 1 aliphatic rings. The molecule has 8 heteroatoms. The van der Waals surface area contributed by atoms with Crippen molar-refractivity contribution in [3.63, 3.8) is 0 Å². The highest BCUT2D eigenvalue weighted by Gasteiger charge is 2.35. The number of primary amides is 1. The van der Waals surface area contributed by atoms with E-state index in [-0.39, 0.29) is 35.8 Å². The normalized spacial score (nSPS) is 15.0. The minimum atomic E-state index is -0.602. The highest BCUT2D eigenvalue weighted by Crippen LogP contribution is 2.34. The predicted molar refractivity (Wildman–Crippen MR) is 125 cm³/mol. The molecule has 2 N–H and O–H groups in total. The number of para-hydroxylation sites is 1. The summed E-state index contributed by atoms with van der Waals surface area (Å²) in [5.41, 5.74) is 7.87. The molecular weight excluding hydrogens is 428 g/mol. The average molecular weight is 455 g/mol. The van der Waals surface area contributed by atoms with Gasteiger partial charge in [-0.25, -0.2) is 0 Å². The summed E-state index contributed by atoms with van der Waals surface area (Å²) >= 11 is 0.862. The smallest absolute Gasteiger partial charge is 0.293 e. The van der Waals surface area contributed by atoms with Crippen LogP contribution >= 0.6 is 11.8 Å². The molecule has 0 bridgehead atoms. The quantitative estimate of drug-likeness (QED) is 0.573. The van der Waals surface area contributed by atoms with Crippen LogP contribution in [-0.2, 0) is 9.59 Å². The summed E-state index contributed by atoms with van der Waals surface area (Å²) < 4.78 is 11.3. The number of thioether (sulfide) groups is 1. The van der Waals surface area contributed by atoms with E-state index in [2.05, 4.69) is 13.8 Å². The van der Waals surface area contributed by atoms with Crippen molar-refractivity contribution in [2.45, 2.75) is 26.7 Å². The topological polar surface area (TPSA) is 98.9 Å². The maximum Gasteiger partial charge on any atom is 0.293 e. The Morgan fingerprint density at radius 1 is 1.12 bits per heavy atom. The number of nitrogens with two attached hydrogens (primary N) is 1. The highest BCUT2D eigenvalue weighted by molar-refractivity contribution is 8.18. The molecule has 0 aromatic heterocycles. The van der Waals surface area contributed by atoms with E-state index in [9.17, 15) is 14.4 Å². The lowest BCUT2D eigenvalue weighted by atomic mass is 10.0. The van der Waals surface area contributed by atoms with Crippen LogP contribution in [0.2, 0.25) is 0 Å². The zero-order chi connectivity index (χ0) is 23.3. The van der Waals surface area contributed by atoms with Gasteiger partial charge in [0.2, 0.25) is 0 Å². The number of carbonyl (C=O) groups is 3. The van der Waals surface area contributed by atoms with Gasteiger partial charge in [-0.1, -0.05) is 44.2 Å². The first-order chi connectivity index (χ1) is 15.3. The van der Waals surface area contributed by atoms with E-state index >= 15 is 0 Å². The molecule has 1 saturated heterocycles. The Kier molecular flexibility index (Phi) is 7.58. The Bertz CT molecular complexity index is 1060. The Morgan fingerprint density at radius 3 is 2.59 bits per heavy atom. The van der Waals surface area contributed by atoms with Gasteiger partial charge in [-0.05, 0) is 53.9 Å². The summed E-state index contributed by atoms with van der Waals surface area (Å²) in [4.78, 5) is 37.7. The molecule has 168 valence electrons. The number of imide groups is 1. The highest BCUT2D eigenvalue weighted by atomic mass is 32.2. The first-order valence-electron chi connectivity index (χ1n) is 10.2. The molecule has 0 saturated carbocycles. The number of benzene rings is 2. The molecule has 3 rings (SSSR count). The molecule has 1 aliphatic heterocycles. The third-order valence-corrected chi connectivity index (χ3v) is 5.72. The summed E-state index contributed by atoms with van der Waals surface area (Å²) in [6.07, 6.45) is 1.58. The number of hydrogen-bond donors (Lipinski definition) is 1. The van der Waals surface area contributed by atoms with Crippen LogP contribution in [0.15, 0.2) is 47.4 Å². The van der Waals surface area contributed by atoms with E-state index in [1.54, 1.807) is 30.3 Å². The molecule has 2 aromatic rings. The molecule has 1 heterocycles. The molecule has 7 nitrogen and oxygen atoms in total. The lowest BCUT2D eigenvalue weighted by Gasteiger charge is -2.17. The van der Waals surface area contributed by atoms with Crippen LogP contribution in [0.4, 0.5) is 4.79 Å². The van der Waals surface area contributed by atoms with Gasteiger partial charge in [0.25, 0.3) is 17.1 Å².